The van der Waals surface area contributed by atoms with Gasteiger partial charge in [0.25, 0.3) is 11.8 Å². The number of nitrogens with zero attached hydrogens (tertiary/aromatic N) is 2. The van der Waals surface area contributed by atoms with Crippen LogP contribution in [0.15, 0.2) is 77.7 Å². The zero-order valence-electron chi connectivity index (χ0n) is 19.2. The van der Waals surface area contributed by atoms with Crippen LogP contribution in [0.3, 0.4) is 0 Å². The quantitative estimate of drug-likeness (QED) is 0.351. The number of thioether (sulfide) groups is 1. The highest BCUT2D eigenvalue weighted by Crippen LogP contribution is 2.44. The molecule has 1 N–H and O–H groups in total. The van der Waals surface area contributed by atoms with Crippen LogP contribution >= 0.6 is 35.6 Å². The van der Waals surface area contributed by atoms with E-state index in [4.69, 9.17) is 23.8 Å². The number of rotatable bonds is 5. The molecule has 0 radical (unpaired) electrons. The smallest absolute Gasteiger partial charge is 0.267 e. The fourth-order valence-corrected chi connectivity index (χ4v) is 5.65. The Balaban J connectivity index is 1.42. The van der Waals surface area contributed by atoms with Crippen LogP contribution in [0.4, 0.5) is 11.4 Å². The van der Waals surface area contributed by atoms with Crippen LogP contribution in [0.2, 0.25) is 5.02 Å². The molecule has 1 fully saturated rings. The molecule has 2 aliphatic rings. The number of aryl methyl sites for hydroxylation is 1. The van der Waals surface area contributed by atoms with Gasteiger partial charge < -0.3 is 5.32 Å². The van der Waals surface area contributed by atoms with Gasteiger partial charge in [0.15, 0.2) is 0 Å². The number of hydrogen-bond acceptors (Lipinski definition) is 5. The Labute approximate surface area is 222 Å². The van der Waals surface area contributed by atoms with Crippen LogP contribution in [-0.4, -0.2) is 33.5 Å². The molecule has 2 heterocycles. The fraction of sp³-hybridized carbons (Fsp3) is 0.111. The molecule has 6 nitrogen and oxygen atoms in total. The molecule has 36 heavy (non-hydrogen) atoms. The molecule has 3 amide bonds. The third-order valence-electron chi connectivity index (χ3n) is 5.87. The van der Waals surface area contributed by atoms with E-state index in [-0.39, 0.29) is 28.8 Å². The van der Waals surface area contributed by atoms with Gasteiger partial charge in [0, 0.05) is 16.3 Å². The molecule has 3 aromatic carbocycles. The molecule has 0 bridgehead atoms. The minimum Gasteiger partial charge on any atom is -0.324 e. The largest absolute Gasteiger partial charge is 0.324 e. The zero-order chi connectivity index (χ0) is 25.4. The number of hydrogen-bond donors (Lipinski definition) is 1. The summed E-state index contributed by atoms with van der Waals surface area (Å²) >= 11 is 12.6. The van der Waals surface area contributed by atoms with E-state index in [0.717, 1.165) is 22.9 Å². The Hall–Kier alpha value is -3.46. The van der Waals surface area contributed by atoms with Crippen molar-refractivity contribution in [3.05, 3.63) is 99.4 Å². The zero-order valence-corrected chi connectivity index (χ0v) is 21.5. The monoisotopic (exact) mass is 533 g/mol. The van der Waals surface area contributed by atoms with Crippen molar-refractivity contribution in [1.29, 1.82) is 0 Å². The third kappa shape index (κ3) is 4.67. The summed E-state index contributed by atoms with van der Waals surface area (Å²) in [6.07, 6.45) is 0. The molecule has 0 spiro atoms. The van der Waals surface area contributed by atoms with Gasteiger partial charge in [0.2, 0.25) is 5.91 Å². The van der Waals surface area contributed by atoms with Gasteiger partial charge in [-0.25, -0.2) is 0 Å². The van der Waals surface area contributed by atoms with Crippen molar-refractivity contribution in [3.63, 3.8) is 0 Å². The molecule has 180 valence electrons. The van der Waals surface area contributed by atoms with Gasteiger partial charge in [0.1, 0.15) is 10.9 Å². The van der Waals surface area contributed by atoms with Crippen molar-refractivity contribution in [2.45, 2.75) is 13.5 Å². The van der Waals surface area contributed by atoms with E-state index < -0.39 is 5.91 Å². The van der Waals surface area contributed by atoms with Crippen molar-refractivity contribution < 1.29 is 14.4 Å². The summed E-state index contributed by atoms with van der Waals surface area (Å²) in [5.74, 6) is -1.10. The average Bonchev–Trinajstić information content (AvgIpc) is 3.28. The molecule has 0 aliphatic carbocycles. The third-order valence-corrected chi connectivity index (χ3v) is 7.55. The maximum atomic E-state index is 13.6. The van der Waals surface area contributed by atoms with Crippen LogP contribution in [-0.2, 0) is 20.9 Å². The maximum Gasteiger partial charge on any atom is 0.267 e. The second-order valence-electron chi connectivity index (χ2n) is 8.42. The van der Waals surface area contributed by atoms with Gasteiger partial charge in [-0.1, -0.05) is 89.7 Å². The molecule has 3 aromatic rings. The molecule has 9 heteroatoms. The van der Waals surface area contributed by atoms with Crippen LogP contribution in [0.25, 0.3) is 5.57 Å². The van der Waals surface area contributed by atoms with Crippen LogP contribution in [0, 0.1) is 6.92 Å². The average molecular weight is 534 g/mol. The van der Waals surface area contributed by atoms with Crippen molar-refractivity contribution in [1.82, 2.24) is 4.90 Å². The molecule has 2 aliphatic heterocycles. The standard InChI is InChI=1S/C27H20ClN3O3S2/c1-16-9-11-17(12-10-16)14-31-26(34)24(36-27(31)35)23-20-7-2-3-8-21(20)30(25(23)33)15-22(32)29-19-6-4-5-18(28)13-19/h2-13H,14-15H2,1H3,(H,29,32)/b24-23+. The predicted molar refractivity (Wildman–Crippen MR) is 148 cm³/mol. The van der Waals surface area contributed by atoms with Crippen LogP contribution < -0.4 is 10.2 Å². The number of nitrogens with one attached hydrogen (secondary N) is 1. The van der Waals surface area contributed by atoms with E-state index in [9.17, 15) is 14.4 Å². The topological polar surface area (TPSA) is 69.7 Å². The van der Waals surface area contributed by atoms with Crippen molar-refractivity contribution in [2.75, 3.05) is 16.8 Å². The molecular weight excluding hydrogens is 514 g/mol. The summed E-state index contributed by atoms with van der Waals surface area (Å²) in [5.41, 5.74) is 4.05. The van der Waals surface area contributed by atoms with E-state index >= 15 is 0 Å². The lowest BCUT2D eigenvalue weighted by atomic mass is 10.1. The van der Waals surface area contributed by atoms with Crippen molar-refractivity contribution >= 4 is 74.6 Å². The van der Waals surface area contributed by atoms with Crippen molar-refractivity contribution in [2.24, 2.45) is 0 Å². The highest BCUT2D eigenvalue weighted by molar-refractivity contribution is 8.26. The number of thiocarbonyl (C=S) groups is 1. The Morgan fingerprint density at radius 1 is 0.972 bits per heavy atom. The molecular formula is C27H20ClN3O3S2. The first-order valence-corrected chi connectivity index (χ1v) is 12.7. The van der Waals surface area contributed by atoms with E-state index in [1.165, 1.54) is 9.80 Å². The summed E-state index contributed by atoms with van der Waals surface area (Å²) in [5, 5.41) is 3.26. The number of anilines is 2. The summed E-state index contributed by atoms with van der Waals surface area (Å²) < 4.78 is 0.394. The number of carbonyl (C=O) groups is 3. The van der Waals surface area contributed by atoms with E-state index in [1.54, 1.807) is 48.5 Å². The van der Waals surface area contributed by atoms with Crippen LogP contribution in [0.5, 0.6) is 0 Å². The Kier molecular flexibility index (Phi) is 6.66. The minimum atomic E-state index is -0.409. The highest BCUT2D eigenvalue weighted by Gasteiger charge is 2.42. The maximum absolute atomic E-state index is 13.6. The Bertz CT molecular complexity index is 1450. The predicted octanol–water partition coefficient (Wildman–Crippen LogP) is 5.41. The lowest BCUT2D eigenvalue weighted by molar-refractivity contribution is -0.122. The van der Waals surface area contributed by atoms with Gasteiger partial charge in [-0.3, -0.25) is 24.2 Å². The van der Waals surface area contributed by atoms with Gasteiger partial charge in [0.05, 0.1) is 22.7 Å². The van der Waals surface area contributed by atoms with E-state index in [1.807, 2.05) is 31.2 Å². The second-order valence-corrected chi connectivity index (χ2v) is 10.5. The van der Waals surface area contributed by atoms with Gasteiger partial charge in [-0.15, -0.1) is 0 Å². The first-order chi connectivity index (χ1) is 17.3. The lowest BCUT2D eigenvalue weighted by Crippen LogP contribution is -2.35. The van der Waals surface area contributed by atoms with E-state index in [0.29, 0.717) is 32.8 Å². The number of halogens is 1. The Morgan fingerprint density at radius 2 is 1.72 bits per heavy atom. The normalized spacial score (nSPS) is 17.1. The number of fused-ring (bicyclic) bond motifs is 1. The summed E-state index contributed by atoms with van der Waals surface area (Å²) in [4.78, 5) is 43.0. The van der Waals surface area contributed by atoms with Gasteiger partial charge >= 0.3 is 0 Å². The lowest BCUT2D eigenvalue weighted by Gasteiger charge is -2.17. The van der Waals surface area contributed by atoms with Crippen molar-refractivity contribution in [3.8, 4) is 0 Å². The summed E-state index contributed by atoms with van der Waals surface area (Å²) in [6.45, 7) is 2.11. The first kappa shape index (κ1) is 24.2. The fourth-order valence-electron chi connectivity index (χ4n) is 4.13. The molecule has 0 unspecified atom stereocenters. The molecule has 1 saturated heterocycles. The Morgan fingerprint density at radius 3 is 2.47 bits per heavy atom. The second kappa shape index (κ2) is 9.89. The number of benzene rings is 3. The van der Waals surface area contributed by atoms with E-state index in [2.05, 4.69) is 5.32 Å². The van der Waals surface area contributed by atoms with Gasteiger partial charge in [-0.2, -0.15) is 0 Å². The summed E-state index contributed by atoms with van der Waals surface area (Å²) in [7, 11) is 0. The SMILES string of the molecule is Cc1ccc(CN2C(=O)/C(=C3\C(=O)N(CC(=O)Nc4cccc(Cl)c4)c4ccccc43)SC2=S)cc1. The minimum absolute atomic E-state index is 0.213. The molecule has 0 atom stereocenters. The molecule has 5 rings (SSSR count). The first-order valence-electron chi connectivity index (χ1n) is 11.1. The summed E-state index contributed by atoms with van der Waals surface area (Å²) in [6, 6.07) is 21.8. The number of amides is 3. The molecule has 0 aromatic heterocycles. The highest BCUT2D eigenvalue weighted by atomic mass is 35.5. The number of carbonyl (C=O) groups excluding carboxylic acids is 3. The van der Waals surface area contributed by atoms with Gasteiger partial charge in [-0.05, 0) is 36.8 Å². The van der Waals surface area contributed by atoms with Crippen LogP contribution in [0.1, 0.15) is 16.7 Å². The number of para-hydroxylation sites is 1. The molecule has 0 saturated carbocycles.